The van der Waals surface area contributed by atoms with Crippen LogP contribution in [0.25, 0.3) is 0 Å². The van der Waals surface area contributed by atoms with Crippen LogP contribution in [0.2, 0.25) is 15.1 Å². The van der Waals surface area contributed by atoms with Crippen LogP contribution in [-0.4, -0.2) is 6.03 Å². The summed E-state index contributed by atoms with van der Waals surface area (Å²) in [6.45, 7) is 0. The second-order valence-corrected chi connectivity index (χ2v) is 6.32. The summed E-state index contributed by atoms with van der Waals surface area (Å²) in [6, 6.07) is 21.2. The van der Waals surface area contributed by atoms with Gasteiger partial charge in [-0.1, -0.05) is 71.2 Å². The van der Waals surface area contributed by atoms with Crippen molar-refractivity contribution in [3.63, 3.8) is 0 Å². The van der Waals surface area contributed by atoms with Crippen LogP contribution < -0.4 is 10.2 Å². The van der Waals surface area contributed by atoms with Gasteiger partial charge in [-0.15, -0.1) is 0 Å². The van der Waals surface area contributed by atoms with Crippen molar-refractivity contribution in [2.75, 3.05) is 10.2 Å². The van der Waals surface area contributed by atoms with E-state index in [1.165, 1.54) is 4.90 Å². The molecule has 126 valence electrons. The molecule has 25 heavy (non-hydrogen) atoms. The lowest BCUT2D eigenvalue weighted by Crippen LogP contribution is -2.31. The van der Waals surface area contributed by atoms with Gasteiger partial charge in [0.2, 0.25) is 0 Å². The van der Waals surface area contributed by atoms with E-state index in [1.54, 1.807) is 24.3 Å². The van der Waals surface area contributed by atoms with E-state index in [2.05, 4.69) is 5.32 Å². The number of benzene rings is 3. The third kappa shape index (κ3) is 3.90. The van der Waals surface area contributed by atoms with Crippen molar-refractivity contribution < 1.29 is 4.79 Å². The zero-order valence-corrected chi connectivity index (χ0v) is 15.2. The summed E-state index contributed by atoms with van der Waals surface area (Å²) < 4.78 is 0. The average Bonchev–Trinajstić information content (AvgIpc) is 2.64. The minimum Gasteiger partial charge on any atom is -0.307 e. The van der Waals surface area contributed by atoms with Gasteiger partial charge >= 0.3 is 6.03 Å². The summed E-state index contributed by atoms with van der Waals surface area (Å²) in [6.07, 6.45) is 0. The van der Waals surface area contributed by atoms with E-state index in [-0.39, 0.29) is 16.1 Å². The lowest BCUT2D eigenvalue weighted by Gasteiger charge is -2.25. The van der Waals surface area contributed by atoms with Gasteiger partial charge in [0.05, 0.1) is 26.4 Å². The Kier molecular flexibility index (Phi) is 5.49. The average molecular weight is 392 g/mol. The van der Waals surface area contributed by atoms with Crippen molar-refractivity contribution in [2.45, 2.75) is 0 Å². The number of nitrogens with one attached hydrogen (secondary N) is 1. The highest BCUT2D eigenvalue weighted by molar-refractivity contribution is 6.49. The molecule has 3 rings (SSSR count). The maximum atomic E-state index is 12.9. The van der Waals surface area contributed by atoms with Gasteiger partial charge in [0.1, 0.15) is 0 Å². The topological polar surface area (TPSA) is 32.3 Å². The standard InChI is InChI=1S/C19H13Cl3N2O/c20-15-11-12-16(18(22)17(15)21)24(14-9-5-2-6-10-14)19(25)23-13-7-3-1-4-8-13/h1-12H,(H,23,25). The molecule has 6 heteroatoms. The normalized spacial score (nSPS) is 10.4. The highest BCUT2D eigenvalue weighted by Gasteiger charge is 2.22. The van der Waals surface area contributed by atoms with E-state index in [9.17, 15) is 4.79 Å². The molecule has 0 saturated heterocycles. The Hall–Kier alpha value is -2.20. The maximum absolute atomic E-state index is 12.9. The first-order chi connectivity index (χ1) is 12.1. The molecule has 0 fully saturated rings. The van der Waals surface area contributed by atoms with Crippen LogP contribution in [0, 0.1) is 0 Å². The molecule has 3 aromatic rings. The molecule has 0 atom stereocenters. The predicted octanol–water partition coefficient (Wildman–Crippen LogP) is 7.02. The highest BCUT2D eigenvalue weighted by atomic mass is 35.5. The van der Waals surface area contributed by atoms with Crippen LogP contribution in [0.4, 0.5) is 21.9 Å². The van der Waals surface area contributed by atoms with E-state index in [4.69, 9.17) is 34.8 Å². The molecule has 1 N–H and O–H groups in total. The van der Waals surface area contributed by atoms with Crippen LogP contribution in [0.1, 0.15) is 0 Å². The number of amides is 2. The van der Waals surface area contributed by atoms with E-state index < -0.39 is 0 Å². The number of urea groups is 1. The minimum absolute atomic E-state index is 0.203. The smallest absolute Gasteiger partial charge is 0.307 e. The fourth-order valence-electron chi connectivity index (χ4n) is 2.33. The Morgan fingerprint density at radius 2 is 1.36 bits per heavy atom. The predicted molar refractivity (Wildman–Crippen MR) is 106 cm³/mol. The van der Waals surface area contributed by atoms with Crippen molar-refractivity contribution in [2.24, 2.45) is 0 Å². The van der Waals surface area contributed by atoms with Crippen LogP contribution in [-0.2, 0) is 0 Å². The van der Waals surface area contributed by atoms with Gasteiger partial charge < -0.3 is 5.32 Å². The van der Waals surface area contributed by atoms with E-state index >= 15 is 0 Å². The molecule has 3 nitrogen and oxygen atoms in total. The van der Waals surface area contributed by atoms with Crippen molar-refractivity contribution in [3.05, 3.63) is 87.9 Å². The monoisotopic (exact) mass is 390 g/mol. The number of para-hydroxylation sites is 2. The fraction of sp³-hybridized carbons (Fsp3) is 0. The zero-order valence-electron chi connectivity index (χ0n) is 12.9. The molecule has 0 unspecified atom stereocenters. The zero-order chi connectivity index (χ0) is 17.8. The maximum Gasteiger partial charge on any atom is 0.330 e. The first kappa shape index (κ1) is 17.6. The number of carbonyl (C=O) groups excluding carboxylic acids is 1. The quantitative estimate of drug-likeness (QED) is 0.478. The van der Waals surface area contributed by atoms with Gasteiger partial charge in [0.15, 0.2) is 0 Å². The molecule has 0 aliphatic rings. The second kappa shape index (κ2) is 7.79. The SMILES string of the molecule is O=C(Nc1ccccc1)N(c1ccccc1)c1ccc(Cl)c(Cl)c1Cl. The number of carbonyl (C=O) groups is 1. The van der Waals surface area contributed by atoms with E-state index in [0.717, 1.165) is 0 Å². The number of anilines is 3. The first-order valence-electron chi connectivity index (χ1n) is 7.42. The Morgan fingerprint density at radius 1 is 0.760 bits per heavy atom. The molecule has 2 amide bonds. The molecule has 0 saturated carbocycles. The molecule has 0 radical (unpaired) electrons. The van der Waals surface area contributed by atoms with Gasteiger partial charge in [-0.05, 0) is 36.4 Å². The summed E-state index contributed by atoms with van der Waals surface area (Å²) in [7, 11) is 0. The van der Waals surface area contributed by atoms with Crippen LogP contribution in [0.3, 0.4) is 0 Å². The highest BCUT2D eigenvalue weighted by Crippen LogP contribution is 2.40. The van der Waals surface area contributed by atoms with Gasteiger partial charge in [0, 0.05) is 5.69 Å². The Bertz CT molecular complexity index is 886. The minimum atomic E-state index is -0.363. The van der Waals surface area contributed by atoms with Gasteiger partial charge in [-0.3, -0.25) is 4.90 Å². The number of halogens is 3. The Balaban J connectivity index is 2.05. The Labute approximate surface area is 160 Å². The number of hydrogen-bond donors (Lipinski definition) is 1. The van der Waals surface area contributed by atoms with Crippen molar-refractivity contribution in [3.8, 4) is 0 Å². The molecular formula is C19H13Cl3N2O. The number of rotatable bonds is 3. The summed E-state index contributed by atoms with van der Waals surface area (Å²) >= 11 is 18.5. The summed E-state index contributed by atoms with van der Waals surface area (Å²) in [4.78, 5) is 14.4. The van der Waals surface area contributed by atoms with Crippen molar-refractivity contribution >= 4 is 57.9 Å². The lowest BCUT2D eigenvalue weighted by molar-refractivity contribution is 0.259. The third-order valence-electron chi connectivity index (χ3n) is 3.50. The van der Waals surface area contributed by atoms with E-state index in [1.807, 2.05) is 48.5 Å². The molecule has 3 aromatic carbocycles. The summed E-state index contributed by atoms with van der Waals surface area (Å²) in [5.74, 6) is 0. The Morgan fingerprint density at radius 3 is 2.00 bits per heavy atom. The molecule has 0 aliphatic carbocycles. The van der Waals surface area contributed by atoms with Gasteiger partial charge in [0.25, 0.3) is 0 Å². The molecular weight excluding hydrogens is 379 g/mol. The largest absolute Gasteiger partial charge is 0.330 e. The van der Waals surface area contributed by atoms with Crippen LogP contribution >= 0.6 is 34.8 Å². The first-order valence-corrected chi connectivity index (χ1v) is 8.56. The fourth-order valence-corrected chi connectivity index (χ4v) is 2.95. The summed E-state index contributed by atoms with van der Waals surface area (Å²) in [5, 5.41) is 3.59. The van der Waals surface area contributed by atoms with E-state index in [0.29, 0.717) is 22.1 Å². The molecule has 0 spiro atoms. The van der Waals surface area contributed by atoms with Crippen LogP contribution in [0.5, 0.6) is 0 Å². The molecule has 0 bridgehead atoms. The second-order valence-electron chi connectivity index (χ2n) is 5.16. The molecule has 0 aliphatic heterocycles. The molecule has 0 heterocycles. The lowest BCUT2D eigenvalue weighted by atomic mass is 10.2. The number of nitrogens with zero attached hydrogens (tertiary/aromatic N) is 1. The third-order valence-corrected chi connectivity index (χ3v) is 4.78. The van der Waals surface area contributed by atoms with Crippen LogP contribution in [0.15, 0.2) is 72.8 Å². The molecule has 0 aromatic heterocycles. The van der Waals surface area contributed by atoms with Crippen molar-refractivity contribution in [1.82, 2.24) is 0 Å². The van der Waals surface area contributed by atoms with Gasteiger partial charge in [-0.2, -0.15) is 0 Å². The van der Waals surface area contributed by atoms with Crippen molar-refractivity contribution in [1.29, 1.82) is 0 Å². The summed E-state index contributed by atoms with van der Waals surface area (Å²) in [5.41, 5.74) is 1.76. The number of hydrogen-bond acceptors (Lipinski definition) is 1. The van der Waals surface area contributed by atoms with Gasteiger partial charge in [-0.25, -0.2) is 4.79 Å².